The van der Waals surface area contributed by atoms with Crippen molar-refractivity contribution in [2.24, 2.45) is 0 Å². The summed E-state index contributed by atoms with van der Waals surface area (Å²) < 4.78 is 0. The first-order valence-electron chi connectivity index (χ1n) is 17.5. The van der Waals surface area contributed by atoms with Gasteiger partial charge in [-0.2, -0.15) is 0 Å². The normalized spacial score (nSPS) is 11.1. The van der Waals surface area contributed by atoms with Crippen LogP contribution >= 0.6 is 0 Å². The van der Waals surface area contributed by atoms with Crippen molar-refractivity contribution in [3.63, 3.8) is 0 Å². The van der Waals surface area contributed by atoms with E-state index in [9.17, 15) is 0 Å². The molecule has 0 aliphatic heterocycles. The molecule has 0 aliphatic carbocycles. The number of nitrogens with zero attached hydrogens (tertiary/aromatic N) is 3. The average Bonchev–Trinajstić information content (AvgIpc) is 3.24. The van der Waals surface area contributed by atoms with Crippen LogP contribution in [0.2, 0.25) is 0 Å². The molecule has 3 nitrogen and oxygen atoms in total. The van der Waals surface area contributed by atoms with Crippen LogP contribution in [-0.4, -0.2) is 15.0 Å². The fourth-order valence-corrected chi connectivity index (χ4v) is 6.90. The van der Waals surface area contributed by atoms with Gasteiger partial charge in [0.05, 0.1) is 11.2 Å². The second-order valence-electron chi connectivity index (χ2n) is 12.9. The summed E-state index contributed by atoms with van der Waals surface area (Å²) in [6.45, 7) is 0. The molecule has 0 bridgehead atoms. The highest BCUT2D eigenvalue weighted by molar-refractivity contribution is 5.94. The molecular formula is C49H33N3. The van der Waals surface area contributed by atoms with Gasteiger partial charge in [0.25, 0.3) is 0 Å². The molecule has 52 heavy (non-hydrogen) atoms. The summed E-state index contributed by atoms with van der Waals surface area (Å²) in [6, 6.07) is 66.4. The number of hydrogen-bond acceptors (Lipinski definition) is 3. The molecule has 3 heteroatoms. The fraction of sp³-hybridized carbons (Fsp3) is 0. The molecule has 9 aromatic rings. The zero-order valence-corrected chi connectivity index (χ0v) is 28.4. The van der Waals surface area contributed by atoms with Crippen LogP contribution in [-0.2, 0) is 0 Å². The van der Waals surface area contributed by atoms with Gasteiger partial charge in [-0.3, -0.25) is 4.98 Å². The van der Waals surface area contributed by atoms with Crippen molar-refractivity contribution in [2.75, 3.05) is 0 Å². The number of rotatable bonds is 7. The summed E-state index contributed by atoms with van der Waals surface area (Å²) in [5.74, 6) is 0.704. The summed E-state index contributed by atoms with van der Waals surface area (Å²) in [7, 11) is 0. The largest absolute Gasteiger partial charge is 0.265 e. The molecule has 2 heterocycles. The van der Waals surface area contributed by atoms with Crippen LogP contribution in [0.3, 0.4) is 0 Å². The van der Waals surface area contributed by atoms with Crippen LogP contribution in [0.25, 0.3) is 89.2 Å². The fourth-order valence-electron chi connectivity index (χ4n) is 6.90. The second-order valence-corrected chi connectivity index (χ2v) is 12.9. The first-order chi connectivity index (χ1) is 25.7. The maximum atomic E-state index is 5.20. The Labute approximate surface area is 303 Å². The van der Waals surface area contributed by atoms with Crippen molar-refractivity contribution >= 4 is 10.9 Å². The summed E-state index contributed by atoms with van der Waals surface area (Å²) in [5, 5.41) is 1.02. The summed E-state index contributed by atoms with van der Waals surface area (Å²) >= 11 is 0. The SMILES string of the molecule is c1ccc(-c2cc(-c3ccccc3)cc(-c3cccc(-c4cccc(-c5nc(-c6ccc(-c7ccncc7)cc6)nc6ccccc56)c4)c3)c2)cc1. The lowest BCUT2D eigenvalue weighted by Crippen LogP contribution is -1.95. The molecule has 0 amide bonds. The Bertz CT molecular complexity index is 2590. The van der Waals surface area contributed by atoms with E-state index in [1.807, 2.05) is 30.6 Å². The molecule has 0 atom stereocenters. The van der Waals surface area contributed by atoms with Gasteiger partial charge >= 0.3 is 0 Å². The Morgan fingerprint density at radius 2 is 0.692 bits per heavy atom. The van der Waals surface area contributed by atoms with Gasteiger partial charge in [-0.05, 0) is 104 Å². The molecular weight excluding hydrogens is 631 g/mol. The Morgan fingerprint density at radius 1 is 0.269 bits per heavy atom. The highest BCUT2D eigenvalue weighted by atomic mass is 14.9. The van der Waals surface area contributed by atoms with Gasteiger partial charge < -0.3 is 0 Å². The lowest BCUT2D eigenvalue weighted by Gasteiger charge is -2.13. The molecule has 0 spiro atoms. The van der Waals surface area contributed by atoms with Crippen LogP contribution in [0.15, 0.2) is 200 Å². The van der Waals surface area contributed by atoms with E-state index in [4.69, 9.17) is 9.97 Å². The number of benzene rings is 7. The van der Waals surface area contributed by atoms with Gasteiger partial charge in [-0.25, -0.2) is 9.97 Å². The molecule has 0 fully saturated rings. The van der Waals surface area contributed by atoms with Crippen LogP contribution in [0.5, 0.6) is 0 Å². The van der Waals surface area contributed by atoms with Gasteiger partial charge in [-0.15, -0.1) is 0 Å². The first kappa shape index (κ1) is 31.0. The number of pyridine rings is 1. The standard InChI is InChI=1S/C49H33N3/c1-3-11-34(12-4-1)43-31-44(35-13-5-2-6-14-35)33-45(32-43)41-17-9-15-39(29-41)40-16-10-18-42(30-40)48-46-19-7-8-20-47(46)51-49(52-48)38-23-21-36(22-24-38)37-25-27-50-28-26-37/h1-33H. The maximum Gasteiger partial charge on any atom is 0.160 e. The van der Waals surface area contributed by atoms with E-state index < -0.39 is 0 Å². The number of para-hydroxylation sites is 1. The molecule has 0 saturated carbocycles. The van der Waals surface area contributed by atoms with E-state index in [1.54, 1.807) is 0 Å². The molecule has 9 rings (SSSR count). The van der Waals surface area contributed by atoms with E-state index in [2.05, 4.69) is 175 Å². The van der Waals surface area contributed by atoms with Crippen LogP contribution in [0.4, 0.5) is 0 Å². The third-order valence-corrected chi connectivity index (χ3v) is 9.57. The van der Waals surface area contributed by atoms with Gasteiger partial charge in [0, 0.05) is 28.9 Å². The Morgan fingerprint density at radius 3 is 1.33 bits per heavy atom. The zero-order chi connectivity index (χ0) is 34.7. The molecule has 0 radical (unpaired) electrons. The number of aromatic nitrogens is 3. The van der Waals surface area contributed by atoms with Crippen LogP contribution in [0.1, 0.15) is 0 Å². The Kier molecular flexibility index (Phi) is 8.20. The summed E-state index contributed by atoms with van der Waals surface area (Å²) in [5.41, 5.74) is 15.5. The molecule has 244 valence electrons. The molecule has 2 aromatic heterocycles. The van der Waals surface area contributed by atoms with E-state index in [-0.39, 0.29) is 0 Å². The molecule has 0 aliphatic rings. The third kappa shape index (κ3) is 6.28. The van der Waals surface area contributed by atoms with Gasteiger partial charge in [0.15, 0.2) is 5.82 Å². The predicted molar refractivity (Wildman–Crippen MR) is 215 cm³/mol. The molecule has 7 aromatic carbocycles. The average molecular weight is 664 g/mol. The van der Waals surface area contributed by atoms with Crippen LogP contribution < -0.4 is 0 Å². The summed E-state index contributed by atoms with van der Waals surface area (Å²) in [4.78, 5) is 14.4. The van der Waals surface area contributed by atoms with Crippen molar-refractivity contribution in [3.05, 3.63) is 200 Å². The van der Waals surface area contributed by atoms with Crippen molar-refractivity contribution < 1.29 is 0 Å². The topological polar surface area (TPSA) is 38.7 Å². The van der Waals surface area contributed by atoms with Gasteiger partial charge in [0.2, 0.25) is 0 Å². The smallest absolute Gasteiger partial charge is 0.160 e. The highest BCUT2D eigenvalue weighted by Crippen LogP contribution is 2.36. The molecule has 0 saturated heterocycles. The lowest BCUT2D eigenvalue weighted by atomic mass is 9.92. The van der Waals surface area contributed by atoms with Gasteiger partial charge in [0.1, 0.15) is 0 Å². The second kappa shape index (κ2) is 13.7. The molecule has 0 N–H and O–H groups in total. The van der Waals surface area contributed by atoms with E-state index in [0.717, 1.165) is 50.0 Å². The number of fused-ring (bicyclic) bond motifs is 1. The third-order valence-electron chi connectivity index (χ3n) is 9.57. The minimum Gasteiger partial charge on any atom is -0.265 e. The maximum absolute atomic E-state index is 5.20. The zero-order valence-electron chi connectivity index (χ0n) is 28.4. The minimum atomic E-state index is 0.704. The van der Waals surface area contributed by atoms with Crippen LogP contribution in [0, 0.1) is 0 Å². The van der Waals surface area contributed by atoms with E-state index in [1.165, 1.54) is 33.4 Å². The van der Waals surface area contributed by atoms with E-state index >= 15 is 0 Å². The lowest BCUT2D eigenvalue weighted by molar-refractivity contribution is 1.23. The monoisotopic (exact) mass is 663 g/mol. The minimum absolute atomic E-state index is 0.704. The number of hydrogen-bond donors (Lipinski definition) is 0. The first-order valence-corrected chi connectivity index (χ1v) is 17.5. The van der Waals surface area contributed by atoms with E-state index in [0.29, 0.717) is 5.82 Å². The van der Waals surface area contributed by atoms with Crippen molar-refractivity contribution in [1.82, 2.24) is 15.0 Å². The Balaban J connectivity index is 1.11. The Hall–Kier alpha value is -6.97. The van der Waals surface area contributed by atoms with Crippen molar-refractivity contribution in [2.45, 2.75) is 0 Å². The van der Waals surface area contributed by atoms with Gasteiger partial charge in [-0.1, -0.05) is 140 Å². The highest BCUT2D eigenvalue weighted by Gasteiger charge is 2.14. The van der Waals surface area contributed by atoms with Crippen molar-refractivity contribution in [1.29, 1.82) is 0 Å². The quantitative estimate of drug-likeness (QED) is 0.170. The summed E-state index contributed by atoms with van der Waals surface area (Å²) in [6.07, 6.45) is 3.63. The molecule has 0 unspecified atom stereocenters. The van der Waals surface area contributed by atoms with Crippen molar-refractivity contribution in [3.8, 4) is 78.3 Å². The predicted octanol–water partition coefficient (Wildman–Crippen LogP) is 12.7.